The van der Waals surface area contributed by atoms with Gasteiger partial charge in [-0.25, -0.2) is 14.4 Å². The van der Waals surface area contributed by atoms with Crippen molar-refractivity contribution >= 4 is 36.1 Å². The molecule has 0 aliphatic heterocycles. The van der Waals surface area contributed by atoms with Gasteiger partial charge in [-0.15, -0.1) is 0 Å². The second-order valence-corrected chi connectivity index (χ2v) is 14.3. The summed E-state index contributed by atoms with van der Waals surface area (Å²) in [5.74, 6) is 1.30. The molecule has 3 aromatic carbocycles. The molecular weight excluding hydrogens is 805 g/mol. The maximum Gasteiger partial charge on any atom is 0.330 e. The zero-order valence-electron chi connectivity index (χ0n) is 37.5. The molecule has 3 rings (SSSR count). The quantitative estimate of drug-likeness (QED) is 0.0241. The Kier molecular flexibility index (Phi) is 28.1. The summed E-state index contributed by atoms with van der Waals surface area (Å²) in [5.41, 5.74) is 2.70. The number of rotatable bonds is 35. The Morgan fingerprint density at radius 1 is 0.413 bits per heavy atom. The van der Waals surface area contributed by atoms with Crippen molar-refractivity contribution in [1.29, 1.82) is 0 Å². The van der Waals surface area contributed by atoms with Gasteiger partial charge in [0, 0.05) is 38.0 Å². The largest absolute Gasteiger partial charge is 0.494 e. The monoisotopic (exact) mass is 872 g/mol. The molecule has 0 amide bonds. The SMILES string of the molecule is CCOC(=O)/C=C/c1ccc(OCCCCCOCC(COCCCCCOc2ccc(/C=C/C(=O)OCC)cc2)OCCCCCOc2ccc(/C=C/C(=O)OCC)cc2)cc1. The van der Waals surface area contributed by atoms with Crippen LogP contribution in [0.2, 0.25) is 0 Å². The van der Waals surface area contributed by atoms with Crippen LogP contribution in [0.15, 0.2) is 91.0 Å². The van der Waals surface area contributed by atoms with Crippen LogP contribution in [0.5, 0.6) is 17.2 Å². The van der Waals surface area contributed by atoms with Crippen LogP contribution in [-0.4, -0.2) is 96.7 Å². The minimum atomic E-state index is -0.357. The minimum Gasteiger partial charge on any atom is -0.494 e. The lowest BCUT2D eigenvalue weighted by Gasteiger charge is -2.18. The fraction of sp³-hybridized carbons (Fsp3) is 0.471. The third kappa shape index (κ3) is 26.0. The van der Waals surface area contributed by atoms with E-state index >= 15 is 0 Å². The summed E-state index contributed by atoms with van der Waals surface area (Å²) in [4.78, 5) is 34.6. The van der Waals surface area contributed by atoms with Crippen molar-refractivity contribution < 1.29 is 57.0 Å². The number of carbonyl (C=O) groups excluding carboxylic acids is 3. The van der Waals surface area contributed by atoms with E-state index in [1.54, 1.807) is 39.0 Å². The molecule has 0 unspecified atom stereocenters. The minimum absolute atomic E-state index is 0.158. The first kappa shape index (κ1) is 51.9. The maximum atomic E-state index is 11.5. The third-order valence-electron chi connectivity index (χ3n) is 9.16. The lowest BCUT2D eigenvalue weighted by atomic mass is 10.2. The van der Waals surface area contributed by atoms with E-state index in [1.165, 1.54) is 18.2 Å². The lowest BCUT2D eigenvalue weighted by molar-refractivity contribution is -0.138. The summed E-state index contributed by atoms with van der Waals surface area (Å²) in [6, 6.07) is 22.8. The van der Waals surface area contributed by atoms with Gasteiger partial charge in [0.25, 0.3) is 0 Å². The van der Waals surface area contributed by atoms with Crippen LogP contribution in [0.1, 0.15) is 95.2 Å². The Morgan fingerprint density at radius 2 is 0.714 bits per heavy atom. The van der Waals surface area contributed by atoms with Gasteiger partial charge in [0.1, 0.15) is 23.4 Å². The van der Waals surface area contributed by atoms with Gasteiger partial charge in [0.2, 0.25) is 0 Å². The fourth-order valence-electron chi connectivity index (χ4n) is 5.83. The molecule has 12 heteroatoms. The maximum absolute atomic E-state index is 11.5. The molecule has 0 atom stereocenters. The highest BCUT2D eigenvalue weighted by atomic mass is 16.6. The molecule has 3 aromatic rings. The van der Waals surface area contributed by atoms with E-state index in [0.29, 0.717) is 72.7 Å². The van der Waals surface area contributed by atoms with Gasteiger partial charge >= 0.3 is 17.9 Å². The molecule has 0 saturated heterocycles. The number of benzene rings is 3. The van der Waals surface area contributed by atoms with Crippen LogP contribution < -0.4 is 14.2 Å². The first-order chi connectivity index (χ1) is 30.9. The summed E-state index contributed by atoms with van der Waals surface area (Å²) < 4.78 is 50.8. The number of ether oxygens (including phenoxy) is 9. The van der Waals surface area contributed by atoms with Crippen LogP contribution in [0, 0.1) is 0 Å². The van der Waals surface area contributed by atoms with Crippen molar-refractivity contribution in [3.05, 3.63) is 108 Å². The summed E-state index contributed by atoms with van der Waals surface area (Å²) >= 11 is 0. The van der Waals surface area contributed by atoms with Crippen molar-refractivity contribution in [3.63, 3.8) is 0 Å². The zero-order valence-corrected chi connectivity index (χ0v) is 37.5. The Bertz CT molecular complexity index is 1660. The van der Waals surface area contributed by atoms with Crippen LogP contribution >= 0.6 is 0 Å². The number of hydrogen-bond donors (Lipinski definition) is 0. The van der Waals surface area contributed by atoms with Gasteiger partial charge in [-0.2, -0.15) is 0 Å². The van der Waals surface area contributed by atoms with Crippen molar-refractivity contribution in [2.24, 2.45) is 0 Å². The number of carbonyl (C=O) groups is 3. The molecule has 0 aromatic heterocycles. The molecule has 63 heavy (non-hydrogen) atoms. The van der Waals surface area contributed by atoms with E-state index in [4.69, 9.17) is 42.6 Å². The van der Waals surface area contributed by atoms with Crippen LogP contribution in [0.25, 0.3) is 18.2 Å². The second-order valence-electron chi connectivity index (χ2n) is 14.3. The molecular formula is C51H68O12. The van der Waals surface area contributed by atoms with E-state index in [-0.39, 0.29) is 24.0 Å². The molecule has 0 radical (unpaired) electrons. The Hall–Kier alpha value is -5.43. The second kappa shape index (κ2) is 34.1. The van der Waals surface area contributed by atoms with E-state index in [1.807, 2.05) is 72.8 Å². The van der Waals surface area contributed by atoms with E-state index < -0.39 is 0 Å². The molecule has 0 aliphatic rings. The highest BCUT2D eigenvalue weighted by molar-refractivity contribution is 5.88. The number of unbranched alkanes of at least 4 members (excludes halogenated alkanes) is 6. The molecule has 0 saturated carbocycles. The highest BCUT2D eigenvalue weighted by Crippen LogP contribution is 2.17. The van der Waals surface area contributed by atoms with Crippen molar-refractivity contribution in [2.75, 3.05) is 72.7 Å². The lowest BCUT2D eigenvalue weighted by Crippen LogP contribution is -2.27. The molecule has 12 nitrogen and oxygen atoms in total. The topological polar surface area (TPSA) is 134 Å². The Balaban J connectivity index is 1.30. The van der Waals surface area contributed by atoms with E-state index in [0.717, 1.165) is 91.7 Å². The molecule has 0 spiro atoms. The normalized spacial score (nSPS) is 11.4. The van der Waals surface area contributed by atoms with E-state index in [2.05, 4.69) is 0 Å². The molecule has 0 heterocycles. The van der Waals surface area contributed by atoms with Crippen molar-refractivity contribution in [1.82, 2.24) is 0 Å². The molecule has 0 N–H and O–H groups in total. The average molecular weight is 873 g/mol. The number of hydrogen-bond acceptors (Lipinski definition) is 12. The fourth-order valence-corrected chi connectivity index (χ4v) is 5.83. The Labute approximate surface area is 374 Å². The standard InChI is InChI=1S/C51H68O12/c1-4-57-49(52)31-22-42-16-25-45(26-17-42)60-36-12-7-10-34-55-40-48(63-39-15-9-14-38-62-47-29-20-44(21-30-47)24-33-51(54)59-6-3)41-56-35-11-8-13-37-61-46-27-18-43(19-28-46)23-32-50(53)58-5-2/h16-33,48H,4-15,34-41H2,1-3H3/b31-22+,32-23+,33-24+. The van der Waals surface area contributed by atoms with Gasteiger partial charge in [0.05, 0.1) is 52.9 Å². The van der Waals surface area contributed by atoms with Gasteiger partial charge < -0.3 is 42.6 Å². The zero-order chi connectivity index (χ0) is 45.0. The highest BCUT2D eigenvalue weighted by Gasteiger charge is 2.11. The summed E-state index contributed by atoms with van der Waals surface area (Å²) in [5, 5.41) is 0. The first-order valence-corrected chi connectivity index (χ1v) is 22.4. The number of esters is 3. The van der Waals surface area contributed by atoms with E-state index in [9.17, 15) is 14.4 Å². The van der Waals surface area contributed by atoms with Gasteiger partial charge in [-0.3, -0.25) is 0 Å². The first-order valence-electron chi connectivity index (χ1n) is 22.4. The van der Waals surface area contributed by atoms with Crippen LogP contribution in [0.4, 0.5) is 0 Å². The van der Waals surface area contributed by atoms with Crippen molar-refractivity contribution in [3.8, 4) is 17.2 Å². The summed E-state index contributed by atoms with van der Waals surface area (Å²) in [6.45, 7) is 11.0. The van der Waals surface area contributed by atoms with Gasteiger partial charge in [-0.1, -0.05) is 36.4 Å². The summed E-state index contributed by atoms with van der Waals surface area (Å²) in [6.07, 6.45) is 17.6. The molecule has 0 bridgehead atoms. The smallest absolute Gasteiger partial charge is 0.330 e. The third-order valence-corrected chi connectivity index (χ3v) is 9.16. The average Bonchev–Trinajstić information content (AvgIpc) is 3.29. The Morgan fingerprint density at radius 3 is 1.03 bits per heavy atom. The van der Waals surface area contributed by atoms with Gasteiger partial charge in [-0.05, 0) is 150 Å². The molecule has 344 valence electrons. The van der Waals surface area contributed by atoms with Crippen LogP contribution in [-0.2, 0) is 42.8 Å². The molecule has 0 fully saturated rings. The predicted octanol–water partition coefficient (Wildman–Crippen LogP) is 9.88. The van der Waals surface area contributed by atoms with Crippen LogP contribution in [0.3, 0.4) is 0 Å². The van der Waals surface area contributed by atoms with Gasteiger partial charge in [0.15, 0.2) is 0 Å². The summed E-state index contributed by atoms with van der Waals surface area (Å²) in [7, 11) is 0. The molecule has 0 aliphatic carbocycles. The van der Waals surface area contributed by atoms with Crippen molar-refractivity contribution in [2.45, 2.75) is 84.7 Å². The predicted molar refractivity (Wildman–Crippen MR) is 246 cm³/mol.